The Balaban J connectivity index is 2.24. The molecule has 1 fully saturated rings. The minimum Gasteiger partial charge on any atom is -0.383 e. The lowest BCUT2D eigenvalue weighted by Crippen LogP contribution is -2.40. The van der Waals surface area contributed by atoms with Gasteiger partial charge in [-0.05, 0) is 18.8 Å². The lowest BCUT2D eigenvalue weighted by atomic mass is 10.1. The third-order valence-corrected chi connectivity index (χ3v) is 3.19. The first-order valence-electron chi connectivity index (χ1n) is 6.08. The summed E-state index contributed by atoms with van der Waals surface area (Å²) < 4.78 is 57.9. The maximum absolute atomic E-state index is 13.5. The predicted octanol–water partition coefficient (Wildman–Crippen LogP) is 2.40. The highest BCUT2D eigenvalue weighted by atomic mass is 19.2. The molecule has 3 nitrogen and oxygen atoms in total. The van der Waals surface area contributed by atoms with Gasteiger partial charge in [-0.1, -0.05) is 0 Å². The highest BCUT2D eigenvalue weighted by Crippen LogP contribution is 2.33. The van der Waals surface area contributed by atoms with Gasteiger partial charge in [0.25, 0.3) is 5.91 Å². The van der Waals surface area contributed by atoms with Crippen LogP contribution in [0.5, 0.6) is 0 Å². The molecule has 1 N–H and O–H groups in total. The minimum absolute atomic E-state index is 0.0645. The summed E-state index contributed by atoms with van der Waals surface area (Å²) in [5.41, 5.74) is -1.25. The number of rotatable bonds is 5. The molecule has 20 heavy (non-hydrogen) atoms. The summed E-state index contributed by atoms with van der Waals surface area (Å²) in [5, 5.41) is 2.36. The predicted molar refractivity (Wildman–Crippen MR) is 62.1 cm³/mol. The Morgan fingerprint density at radius 2 is 1.85 bits per heavy atom. The fourth-order valence-corrected chi connectivity index (χ4v) is 1.99. The standard InChI is InChI=1S/C13H13F4NO2/c1-20-5-9(6-2-3-6)18-13(19)10-11(16)7(14)4-8(15)12(10)17/h4,6,9H,2-3,5H2,1H3,(H,18,19). The van der Waals surface area contributed by atoms with E-state index in [1.165, 1.54) is 7.11 Å². The fourth-order valence-electron chi connectivity index (χ4n) is 1.99. The van der Waals surface area contributed by atoms with Gasteiger partial charge in [-0.3, -0.25) is 4.79 Å². The summed E-state index contributed by atoms with van der Waals surface area (Å²) in [7, 11) is 1.42. The normalized spacial score (nSPS) is 16.1. The monoisotopic (exact) mass is 291 g/mol. The third-order valence-electron chi connectivity index (χ3n) is 3.19. The van der Waals surface area contributed by atoms with Gasteiger partial charge < -0.3 is 10.1 Å². The van der Waals surface area contributed by atoms with Crippen LogP contribution in [0.2, 0.25) is 0 Å². The van der Waals surface area contributed by atoms with Crippen molar-refractivity contribution in [1.29, 1.82) is 0 Å². The number of hydrogen-bond acceptors (Lipinski definition) is 2. The van der Waals surface area contributed by atoms with Crippen LogP contribution >= 0.6 is 0 Å². The minimum atomic E-state index is -1.70. The van der Waals surface area contributed by atoms with Crippen molar-refractivity contribution in [2.24, 2.45) is 5.92 Å². The van der Waals surface area contributed by atoms with Crippen LogP contribution < -0.4 is 5.32 Å². The number of nitrogens with one attached hydrogen (secondary N) is 1. The highest BCUT2D eigenvalue weighted by molar-refractivity contribution is 5.95. The molecule has 0 aliphatic heterocycles. The van der Waals surface area contributed by atoms with E-state index in [0.717, 1.165) is 12.8 Å². The van der Waals surface area contributed by atoms with Crippen molar-refractivity contribution in [2.45, 2.75) is 18.9 Å². The van der Waals surface area contributed by atoms with Crippen LogP contribution in [0, 0.1) is 29.2 Å². The maximum Gasteiger partial charge on any atom is 0.257 e. The van der Waals surface area contributed by atoms with E-state index < -0.39 is 40.8 Å². The van der Waals surface area contributed by atoms with Crippen LogP contribution in [0.1, 0.15) is 23.2 Å². The van der Waals surface area contributed by atoms with Crippen molar-refractivity contribution < 1.29 is 27.1 Å². The van der Waals surface area contributed by atoms with Crippen LogP contribution in [0.4, 0.5) is 17.6 Å². The molecule has 1 atom stereocenters. The largest absolute Gasteiger partial charge is 0.383 e. The number of halogens is 4. The number of amides is 1. The topological polar surface area (TPSA) is 38.3 Å². The number of ether oxygens (including phenoxy) is 1. The van der Waals surface area contributed by atoms with Crippen molar-refractivity contribution in [3.05, 3.63) is 34.9 Å². The Bertz CT molecular complexity index is 505. The van der Waals surface area contributed by atoms with Gasteiger partial charge >= 0.3 is 0 Å². The Labute approximate surface area is 112 Å². The first-order chi connectivity index (χ1) is 9.45. The Morgan fingerprint density at radius 3 is 2.30 bits per heavy atom. The summed E-state index contributed by atoms with van der Waals surface area (Å²) in [5.74, 6) is -7.65. The molecule has 1 aromatic rings. The fraction of sp³-hybridized carbons (Fsp3) is 0.462. The van der Waals surface area contributed by atoms with Crippen LogP contribution in [0.15, 0.2) is 6.07 Å². The molecule has 7 heteroatoms. The zero-order chi connectivity index (χ0) is 14.9. The van der Waals surface area contributed by atoms with Gasteiger partial charge in [0.1, 0.15) is 5.56 Å². The van der Waals surface area contributed by atoms with Crippen molar-refractivity contribution in [3.8, 4) is 0 Å². The molecule has 0 saturated heterocycles. The molecule has 0 heterocycles. The van der Waals surface area contributed by atoms with E-state index in [9.17, 15) is 22.4 Å². The SMILES string of the molecule is COCC(NC(=O)c1c(F)c(F)cc(F)c1F)C1CC1. The van der Waals surface area contributed by atoms with Crippen molar-refractivity contribution in [1.82, 2.24) is 5.32 Å². The van der Waals surface area contributed by atoms with Gasteiger partial charge in [0.2, 0.25) is 0 Å². The summed E-state index contributed by atoms with van der Waals surface area (Å²) in [6.45, 7) is 0.164. The number of hydrogen-bond donors (Lipinski definition) is 1. The summed E-state index contributed by atoms with van der Waals surface area (Å²) in [6.07, 6.45) is 1.72. The molecule has 1 aliphatic carbocycles. The second-order valence-electron chi connectivity index (χ2n) is 4.72. The van der Waals surface area contributed by atoms with E-state index in [2.05, 4.69) is 5.32 Å². The second-order valence-corrected chi connectivity index (χ2v) is 4.72. The first kappa shape index (κ1) is 14.8. The Hall–Kier alpha value is -1.63. The van der Waals surface area contributed by atoms with E-state index in [4.69, 9.17) is 4.74 Å². The molecule has 1 saturated carbocycles. The van der Waals surface area contributed by atoms with Crippen molar-refractivity contribution >= 4 is 5.91 Å². The number of benzene rings is 1. The van der Waals surface area contributed by atoms with Crippen LogP contribution in [0.3, 0.4) is 0 Å². The number of carbonyl (C=O) groups excluding carboxylic acids is 1. The van der Waals surface area contributed by atoms with Crippen molar-refractivity contribution in [2.75, 3.05) is 13.7 Å². The molecule has 110 valence electrons. The second kappa shape index (κ2) is 5.78. The summed E-state index contributed by atoms with van der Waals surface area (Å²) >= 11 is 0. The van der Waals surface area contributed by atoms with Gasteiger partial charge in [0.15, 0.2) is 23.3 Å². The third kappa shape index (κ3) is 2.92. The molecular formula is C13H13F4NO2. The maximum atomic E-state index is 13.5. The van der Waals surface area contributed by atoms with Crippen LogP contribution in [-0.2, 0) is 4.74 Å². The van der Waals surface area contributed by atoms with E-state index in [0.29, 0.717) is 0 Å². The Kier molecular flexibility index (Phi) is 4.27. The average Bonchev–Trinajstić information content (AvgIpc) is 3.20. The lowest BCUT2D eigenvalue weighted by molar-refractivity contribution is 0.0873. The van der Waals surface area contributed by atoms with Crippen LogP contribution in [0.25, 0.3) is 0 Å². The molecule has 0 bridgehead atoms. The molecule has 1 amide bonds. The highest BCUT2D eigenvalue weighted by Gasteiger charge is 2.34. The van der Waals surface area contributed by atoms with Crippen molar-refractivity contribution in [3.63, 3.8) is 0 Å². The summed E-state index contributed by atoms with van der Waals surface area (Å²) in [4.78, 5) is 11.8. The van der Waals surface area contributed by atoms with E-state index >= 15 is 0 Å². The molecule has 1 unspecified atom stereocenters. The molecule has 1 aliphatic rings. The van der Waals surface area contributed by atoms with E-state index in [-0.39, 0.29) is 18.6 Å². The quantitative estimate of drug-likeness (QED) is 0.668. The zero-order valence-electron chi connectivity index (χ0n) is 10.7. The molecule has 0 aromatic heterocycles. The zero-order valence-corrected chi connectivity index (χ0v) is 10.7. The van der Waals surface area contributed by atoms with Gasteiger partial charge in [-0.25, -0.2) is 17.6 Å². The summed E-state index contributed by atoms with van der Waals surface area (Å²) in [6, 6.07) is -0.368. The van der Waals surface area contributed by atoms with E-state index in [1.54, 1.807) is 0 Å². The number of carbonyl (C=O) groups is 1. The lowest BCUT2D eigenvalue weighted by Gasteiger charge is -2.17. The molecule has 0 radical (unpaired) electrons. The first-order valence-corrected chi connectivity index (χ1v) is 6.08. The van der Waals surface area contributed by atoms with Gasteiger partial charge in [0.05, 0.1) is 12.6 Å². The van der Waals surface area contributed by atoms with Gasteiger partial charge in [0, 0.05) is 13.2 Å². The Morgan fingerprint density at radius 1 is 1.30 bits per heavy atom. The van der Waals surface area contributed by atoms with E-state index in [1.807, 2.05) is 0 Å². The average molecular weight is 291 g/mol. The van der Waals surface area contributed by atoms with Gasteiger partial charge in [-0.2, -0.15) is 0 Å². The smallest absolute Gasteiger partial charge is 0.257 e. The number of methoxy groups -OCH3 is 1. The molecular weight excluding hydrogens is 278 g/mol. The van der Waals surface area contributed by atoms with Crippen LogP contribution in [-0.4, -0.2) is 25.7 Å². The molecule has 0 spiro atoms. The molecule has 2 rings (SSSR count). The van der Waals surface area contributed by atoms with Gasteiger partial charge in [-0.15, -0.1) is 0 Å². The molecule has 1 aromatic carbocycles.